The molecule has 2 aromatic rings. The number of aromatic amines is 1. The Morgan fingerprint density at radius 3 is 2.45 bits per heavy atom. The van der Waals surface area contributed by atoms with Gasteiger partial charge in [-0.2, -0.15) is 0 Å². The molecule has 1 aliphatic heterocycles. The van der Waals surface area contributed by atoms with E-state index in [9.17, 15) is 9.59 Å². The zero-order valence-corrected chi connectivity index (χ0v) is 18.0. The highest BCUT2D eigenvalue weighted by Crippen LogP contribution is 2.28. The Labute approximate surface area is 172 Å². The maximum Gasteiger partial charge on any atom is 0.408 e. The maximum absolute atomic E-state index is 13.1. The fourth-order valence-corrected chi connectivity index (χ4v) is 3.68. The summed E-state index contributed by atoms with van der Waals surface area (Å²) in [6, 6.07) is 7.42. The van der Waals surface area contributed by atoms with Crippen molar-refractivity contribution < 1.29 is 14.3 Å². The predicted octanol–water partition coefficient (Wildman–Crippen LogP) is 3.82. The number of ether oxygens (including phenoxy) is 1. The molecule has 29 heavy (non-hydrogen) atoms. The van der Waals surface area contributed by atoms with Crippen molar-refractivity contribution >= 4 is 23.0 Å². The lowest BCUT2D eigenvalue weighted by Gasteiger charge is -2.35. The average molecular weight is 401 g/mol. The molecule has 158 valence electrons. The van der Waals surface area contributed by atoms with Crippen molar-refractivity contribution in [2.75, 3.05) is 13.1 Å². The number of amides is 2. The van der Waals surface area contributed by atoms with Gasteiger partial charge in [0.2, 0.25) is 5.91 Å². The Morgan fingerprint density at radius 1 is 1.21 bits per heavy atom. The van der Waals surface area contributed by atoms with Crippen molar-refractivity contribution in [1.82, 2.24) is 20.2 Å². The summed E-state index contributed by atoms with van der Waals surface area (Å²) >= 11 is 0. The van der Waals surface area contributed by atoms with Crippen molar-refractivity contribution in [3.63, 3.8) is 0 Å². The molecule has 0 radical (unpaired) electrons. The van der Waals surface area contributed by atoms with Crippen LogP contribution in [0.1, 0.15) is 59.2 Å². The second-order valence-corrected chi connectivity index (χ2v) is 9.11. The standard InChI is InChI=1S/C22H32N4O3/c1-14(2)18(25-21(28)29-22(3,4)5)20(27)26-12-10-15(11-13-26)19-23-16-8-6-7-9-17(16)24-19/h6-9,14-15,18H,10-13H2,1-5H3,(H,23,24)(H,25,28)/t18-/m1/s1. The topological polar surface area (TPSA) is 87.3 Å². The van der Waals surface area contributed by atoms with E-state index in [4.69, 9.17) is 9.72 Å². The van der Waals surface area contributed by atoms with E-state index < -0.39 is 17.7 Å². The lowest BCUT2D eigenvalue weighted by Crippen LogP contribution is -2.53. The van der Waals surface area contributed by atoms with E-state index in [0.29, 0.717) is 19.0 Å². The van der Waals surface area contributed by atoms with Crippen molar-refractivity contribution in [2.24, 2.45) is 5.92 Å². The van der Waals surface area contributed by atoms with Gasteiger partial charge in [0.1, 0.15) is 17.5 Å². The number of benzene rings is 1. The Bertz CT molecular complexity index is 827. The summed E-state index contributed by atoms with van der Waals surface area (Å²) in [4.78, 5) is 35.2. The summed E-state index contributed by atoms with van der Waals surface area (Å²) in [5.74, 6) is 1.23. The van der Waals surface area contributed by atoms with Crippen LogP contribution in [0.2, 0.25) is 0 Å². The first-order valence-corrected chi connectivity index (χ1v) is 10.4. The number of likely N-dealkylation sites (tertiary alicyclic amines) is 1. The van der Waals surface area contributed by atoms with E-state index in [2.05, 4.69) is 10.3 Å². The number of carbonyl (C=O) groups excluding carboxylic acids is 2. The van der Waals surface area contributed by atoms with Gasteiger partial charge in [-0.15, -0.1) is 0 Å². The summed E-state index contributed by atoms with van der Waals surface area (Å²) in [5, 5.41) is 2.76. The van der Waals surface area contributed by atoms with E-state index in [0.717, 1.165) is 29.7 Å². The number of aromatic nitrogens is 2. The molecule has 1 aliphatic rings. The molecule has 1 saturated heterocycles. The normalized spacial score (nSPS) is 16.8. The van der Waals surface area contributed by atoms with Crippen molar-refractivity contribution in [3.8, 4) is 0 Å². The maximum atomic E-state index is 13.1. The van der Waals surface area contributed by atoms with Crippen LogP contribution < -0.4 is 5.32 Å². The summed E-state index contributed by atoms with van der Waals surface area (Å²) < 4.78 is 5.33. The highest BCUT2D eigenvalue weighted by atomic mass is 16.6. The van der Waals surface area contributed by atoms with Gasteiger partial charge in [0.05, 0.1) is 11.0 Å². The van der Waals surface area contributed by atoms with Gasteiger partial charge in [-0.3, -0.25) is 4.79 Å². The molecule has 1 fully saturated rings. The number of piperidine rings is 1. The number of nitrogens with one attached hydrogen (secondary N) is 2. The molecule has 0 saturated carbocycles. The quantitative estimate of drug-likeness (QED) is 0.817. The van der Waals surface area contributed by atoms with Crippen LogP contribution in [0.25, 0.3) is 11.0 Å². The SMILES string of the molecule is CC(C)[C@@H](NC(=O)OC(C)(C)C)C(=O)N1CCC(c2nc3ccccc3[nH]2)CC1. The average Bonchev–Trinajstić information content (AvgIpc) is 3.08. The van der Waals surface area contributed by atoms with Gasteiger partial charge in [-0.1, -0.05) is 26.0 Å². The molecule has 2 amide bonds. The number of H-pyrrole nitrogens is 1. The van der Waals surface area contributed by atoms with Crippen LogP contribution in [0, 0.1) is 5.92 Å². The van der Waals surface area contributed by atoms with E-state index >= 15 is 0 Å². The summed E-state index contributed by atoms with van der Waals surface area (Å²) in [6.45, 7) is 10.6. The van der Waals surface area contributed by atoms with Crippen molar-refractivity contribution in [3.05, 3.63) is 30.1 Å². The first-order chi connectivity index (χ1) is 13.6. The Morgan fingerprint density at radius 2 is 1.86 bits per heavy atom. The number of para-hydroxylation sites is 2. The molecule has 7 heteroatoms. The van der Waals surface area contributed by atoms with E-state index in [1.165, 1.54) is 0 Å². The Hall–Kier alpha value is -2.57. The van der Waals surface area contributed by atoms with Crippen LogP contribution >= 0.6 is 0 Å². The Balaban J connectivity index is 1.60. The molecule has 2 heterocycles. The van der Waals surface area contributed by atoms with Gasteiger partial charge in [0, 0.05) is 19.0 Å². The van der Waals surface area contributed by atoms with Gasteiger partial charge < -0.3 is 19.9 Å². The lowest BCUT2D eigenvalue weighted by atomic mass is 9.94. The monoisotopic (exact) mass is 400 g/mol. The van der Waals surface area contributed by atoms with E-state index in [-0.39, 0.29) is 11.8 Å². The van der Waals surface area contributed by atoms with Crippen LogP contribution in [-0.2, 0) is 9.53 Å². The zero-order chi connectivity index (χ0) is 21.2. The lowest BCUT2D eigenvalue weighted by molar-refractivity contribution is -0.135. The fraction of sp³-hybridized carbons (Fsp3) is 0.591. The molecule has 0 aliphatic carbocycles. The zero-order valence-electron chi connectivity index (χ0n) is 18.0. The third kappa shape index (κ3) is 5.28. The molecule has 3 rings (SSSR count). The Kier molecular flexibility index (Phi) is 6.15. The molecule has 0 bridgehead atoms. The minimum atomic E-state index is -0.598. The molecule has 2 N–H and O–H groups in total. The minimum Gasteiger partial charge on any atom is -0.444 e. The molecule has 1 atom stereocenters. The van der Waals surface area contributed by atoms with Gasteiger partial charge >= 0.3 is 6.09 Å². The number of imidazole rings is 1. The van der Waals surface area contributed by atoms with Crippen LogP contribution in [0.3, 0.4) is 0 Å². The molecule has 0 unspecified atom stereocenters. The first kappa shape index (κ1) is 21.1. The van der Waals surface area contributed by atoms with Gasteiger partial charge in [0.25, 0.3) is 0 Å². The summed E-state index contributed by atoms with van der Waals surface area (Å²) in [6.07, 6.45) is 1.15. The summed E-state index contributed by atoms with van der Waals surface area (Å²) in [7, 11) is 0. The van der Waals surface area contributed by atoms with Crippen LogP contribution in [0.15, 0.2) is 24.3 Å². The van der Waals surface area contributed by atoms with Gasteiger partial charge in [-0.05, 0) is 51.7 Å². The highest BCUT2D eigenvalue weighted by molar-refractivity contribution is 5.86. The van der Waals surface area contributed by atoms with Crippen LogP contribution in [0.5, 0.6) is 0 Å². The van der Waals surface area contributed by atoms with Crippen molar-refractivity contribution in [1.29, 1.82) is 0 Å². The largest absolute Gasteiger partial charge is 0.444 e. The smallest absolute Gasteiger partial charge is 0.408 e. The molecule has 1 aromatic carbocycles. The fourth-order valence-electron chi connectivity index (χ4n) is 3.68. The minimum absolute atomic E-state index is 0.0249. The van der Waals surface area contributed by atoms with E-state index in [1.54, 1.807) is 0 Å². The summed E-state index contributed by atoms with van der Waals surface area (Å²) in [5.41, 5.74) is 1.42. The third-order valence-electron chi connectivity index (χ3n) is 5.21. The third-order valence-corrected chi connectivity index (χ3v) is 5.21. The van der Waals surface area contributed by atoms with Gasteiger partial charge in [0.15, 0.2) is 0 Å². The first-order valence-electron chi connectivity index (χ1n) is 10.4. The number of carbonyl (C=O) groups is 2. The number of alkyl carbamates (subject to hydrolysis) is 1. The van der Waals surface area contributed by atoms with E-state index in [1.807, 2.05) is 63.8 Å². The molecular weight excluding hydrogens is 368 g/mol. The number of hydrogen-bond donors (Lipinski definition) is 2. The van der Waals surface area contributed by atoms with Crippen LogP contribution in [0.4, 0.5) is 4.79 Å². The molecule has 1 aromatic heterocycles. The molecule has 0 spiro atoms. The predicted molar refractivity (Wildman–Crippen MR) is 113 cm³/mol. The van der Waals surface area contributed by atoms with Crippen molar-refractivity contribution in [2.45, 2.75) is 65.0 Å². The number of hydrogen-bond acceptors (Lipinski definition) is 4. The molecular formula is C22H32N4O3. The van der Waals surface area contributed by atoms with Gasteiger partial charge in [-0.25, -0.2) is 9.78 Å². The van der Waals surface area contributed by atoms with Crippen LogP contribution in [-0.4, -0.2) is 51.6 Å². The highest BCUT2D eigenvalue weighted by Gasteiger charge is 2.33. The molecule has 7 nitrogen and oxygen atoms in total. The number of nitrogens with zero attached hydrogens (tertiary/aromatic N) is 2. The second-order valence-electron chi connectivity index (χ2n) is 9.11. The second kappa shape index (κ2) is 8.43. The number of fused-ring (bicyclic) bond motifs is 1. The number of rotatable bonds is 4.